The number of rotatable bonds is 4. The van der Waals surface area contributed by atoms with E-state index in [2.05, 4.69) is 55.7 Å². The summed E-state index contributed by atoms with van der Waals surface area (Å²) >= 11 is 0. The third-order valence-electron chi connectivity index (χ3n) is 3.84. The summed E-state index contributed by atoms with van der Waals surface area (Å²) in [5.74, 6) is 0. The Labute approximate surface area is 121 Å². The van der Waals surface area contributed by atoms with Crippen molar-refractivity contribution in [2.45, 2.75) is 18.9 Å². The van der Waals surface area contributed by atoms with Crippen LogP contribution < -0.4 is 5.32 Å². The monoisotopic (exact) mass is 266 g/mol. The van der Waals surface area contributed by atoms with E-state index in [-0.39, 0.29) is 6.04 Å². The molecule has 1 heterocycles. The van der Waals surface area contributed by atoms with Gasteiger partial charge in [-0.15, -0.1) is 0 Å². The molecule has 1 aromatic carbocycles. The number of nitrogens with one attached hydrogen (secondary N) is 1. The Kier molecular flexibility index (Phi) is 4.14. The van der Waals surface area contributed by atoms with E-state index in [0.29, 0.717) is 0 Å². The summed E-state index contributed by atoms with van der Waals surface area (Å²) in [6.07, 6.45) is 3.84. The van der Waals surface area contributed by atoms with Crippen molar-refractivity contribution >= 4 is 11.8 Å². The summed E-state index contributed by atoms with van der Waals surface area (Å²) < 4.78 is 0. The Morgan fingerprint density at radius 3 is 2.70 bits per heavy atom. The summed E-state index contributed by atoms with van der Waals surface area (Å²) in [6, 6.07) is 8.41. The van der Waals surface area contributed by atoms with E-state index in [1.165, 1.54) is 0 Å². The predicted molar refractivity (Wildman–Crippen MR) is 87.8 cm³/mol. The van der Waals surface area contributed by atoms with E-state index in [1.807, 2.05) is 18.2 Å². The summed E-state index contributed by atoms with van der Waals surface area (Å²) in [4.78, 5) is 2.18. The van der Waals surface area contributed by atoms with Crippen LogP contribution in [0.4, 0.5) is 0 Å². The minimum atomic E-state index is 0.242. The van der Waals surface area contributed by atoms with E-state index in [0.717, 1.165) is 41.1 Å². The fourth-order valence-corrected chi connectivity index (χ4v) is 2.60. The Hall–Kier alpha value is -2.22. The highest BCUT2D eigenvalue weighted by Crippen LogP contribution is 2.28. The van der Waals surface area contributed by atoms with Gasteiger partial charge in [-0.1, -0.05) is 56.7 Å². The first-order valence-corrected chi connectivity index (χ1v) is 6.81. The Bertz CT molecular complexity index is 569. The highest BCUT2D eigenvalue weighted by Gasteiger charge is 2.24. The van der Waals surface area contributed by atoms with Gasteiger partial charge in [0.15, 0.2) is 0 Å². The van der Waals surface area contributed by atoms with Crippen LogP contribution >= 0.6 is 0 Å². The first kappa shape index (κ1) is 14.2. The van der Waals surface area contributed by atoms with Gasteiger partial charge in [-0.2, -0.15) is 0 Å². The van der Waals surface area contributed by atoms with Crippen LogP contribution in [0.25, 0.3) is 11.8 Å². The maximum atomic E-state index is 4.25. The highest BCUT2D eigenvalue weighted by molar-refractivity contribution is 5.71. The van der Waals surface area contributed by atoms with Crippen LogP contribution in [-0.4, -0.2) is 18.0 Å². The SMILES string of the molecule is C=Cc1ccccc1C(=C)N(C)C1CCC(=C)NC1=C. The zero-order valence-corrected chi connectivity index (χ0v) is 12.2. The van der Waals surface area contributed by atoms with Crippen LogP contribution in [0.5, 0.6) is 0 Å². The number of piperidine rings is 1. The molecule has 0 amide bonds. The number of likely N-dealkylation sites (N-methyl/N-ethyl adjacent to an activating group) is 1. The fourth-order valence-electron chi connectivity index (χ4n) is 2.60. The lowest BCUT2D eigenvalue weighted by Crippen LogP contribution is -2.39. The third kappa shape index (κ3) is 2.69. The topological polar surface area (TPSA) is 15.3 Å². The zero-order valence-electron chi connectivity index (χ0n) is 12.2. The summed E-state index contributed by atoms with van der Waals surface area (Å²) in [5.41, 5.74) is 5.23. The molecule has 104 valence electrons. The number of nitrogens with zero attached hydrogens (tertiary/aromatic N) is 1. The van der Waals surface area contributed by atoms with Crippen LogP contribution in [0.1, 0.15) is 24.0 Å². The van der Waals surface area contributed by atoms with Gasteiger partial charge in [0.2, 0.25) is 0 Å². The molecule has 1 saturated heterocycles. The maximum Gasteiger partial charge on any atom is 0.0686 e. The minimum absolute atomic E-state index is 0.242. The van der Waals surface area contributed by atoms with Gasteiger partial charge in [0.05, 0.1) is 6.04 Å². The van der Waals surface area contributed by atoms with Gasteiger partial charge >= 0.3 is 0 Å². The van der Waals surface area contributed by atoms with E-state index < -0.39 is 0 Å². The van der Waals surface area contributed by atoms with Gasteiger partial charge in [0, 0.05) is 29.7 Å². The second-order valence-electron chi connectivity index (χ2n) is 5.16. The molecule has 0 aliphatic carbocycles. The Morgan fingerprint density at radius 1 is 1.35 bits per heavy atom. The summed E-state index contributed by atoms with van der Waals surface area (Å²) in [6.45, 7) is 16.2. The number of allylic oxidation sites excluding steroid dienone is 1. The smallest absolute Gasteiger partial charge is 0.0686 e. The van der Waals surface area contributed by atoms with Crippen LogP contribution in [0.15, 0.2) is 62.0 Å². The molecule has 0 bridgehead atoms. The largest absolute Gasteiger partial charge is 0.366 e. The molecule has 1 fully saturated rings. The van der Waals surface area contributed by atoms with Crippen LogP contribution in [0.2, 0.25) is 0 Å². The van der Waals surface area contributed by atoms with Crippen molar-refractivity contribution in [3.63, 3.8) is 0 Å². The average molecular weight is 266 g/mol. The molecule has 1 unspecified atom stereocenters. The lowest BCUT2D eigenvalue weighted by molar-refractivity contribution is 0.341. The van der Waals surface area contributed by atoms with Crippen LogP contribution in [0.3, 0.4) is 0 Å². The summed E-state index contributed by atoms with van der Waals surface area (Å²) in [7, 11) is 2.06. The maximum absolute atomic E-state index is 4.25. The third-order valence-corrected chi connectivity index (χ3v) is 3.84. The molecule has 0 spiro atoms. The molecule has 1 aliphatic heterocycles. The molecular formula is C18H22N2. The predicted octanol–water partition coefficient (Wildman–Crippen LogP) is 4.01. The van der Waals surface area contributed by atoms with Crippen molar-refractivity contribution < 1.29 is 0 Å². The highest BCUT2D eigenvalue weighted by atomic mass is 15.2. The van der Waals surface area contributed by atoms with Crippen LogP contribution in [-0.2, 0) is 0 Å². The fraction of sp³-hybridized carbons (Fsp3) is 0.222. The lowest BCUT2D eigenvalue weighted by Gasteiger charge is -2.37. The normalized spacial score (nSPS) is 18.4. The van der Waals surface area contributed by atoms with Gasteiger partial charge in [0.25, 0.3) is 0 Å². The Morgan fingerprint density at radius 2 is 2.05 bits per heavy atom. The zero-order chi connectivity index (χ0) is 14.7. The molecule has 20 heavy (non-hydrogen) atoms. The van der Waals surface area contributed by atoms with E-state index in [4.69, 9.17) is 0 Å². The molecule has 1 aliphatic rings. The second-order valence-corrected chi connectivity index (χ2v) is 5.16. The molecule has 1 aromatic rings. The average Bonchev–Trinajstić information content (AvgIpc) is 2.45. The first-order valence-electron chi connectivity index (χ1n) is 6.81. The van der Waals surface area contributed by atoms with Gasteiger partial charge < -0.3 is 10.2 Å². The first-order chi connectivity index (χ1) is 9.54. The molecule has 0 radical (unpaired) electrons. The lowest BCUT2D eigenvalue weighted by atomic mass is 9.98. The molecule has 1 atom stereocenters. The van der Waals surface area contributed by atoms with Gasteiger partial charge in [-0.05, 0) is 18.4 Å². The minimum Gasteiger partial charge on any atom is -0.366 e. The van der Waals surface area contributed by atoms with Crippen molar-refractivity contribution in [3.05, 3.63) is 73.1 Å². The van der Waals surface area contributed by atoms with Crippen molar-refractivity contribution in [1.82, 2.24) is 10.2 Å². The Balaban J connectivity index is 2.22. The van der Waals surface area contributed by atoms with E-state index in [1.54, 1.807) is 0 Å². The molecule has 1 N–H and O–H groups in total. The molecule has 0 aromatic heterocycles. The van der Waals surface area contributed by atoms with E-state index in [9.17, 15) is 0 Å². The van der Waals surface area contributed by atoms with Crippen molar-refractivity contribution in [1.29, 1.82) is 0 Å². The number of hydrogen-bond acceptors (Lipinski definition) is 2. The van der Waals surface area contributed by atoms with Crippen molar-refractivity contribution in [2.75, 3.05) is 7.05 Å². The molecule has 2 nitrogen and oxygen atoms in total. The van der Waals surface area contributed by atoms with Crippen molar-refractivity contribution in [2.24, 2.45) is 0 Å². The molecule has 2 heteroatoms. The number of benzene rings is 1. The van der Waals surface area contributed by atoms with Gasteiger partial charge in [-0.3, -0.25) is 0 Å². The molecule has 0 saturated carbocycles. The van der Waals surface area contributed by atoms with E-state index >= 15 is 0 Å². The van der Waals surface area contributed by atoms with Gasteiger partial charge in [0.1, 0.15) is 0 Å². The van der Waals surface area contributed by atoms with Crippen molar-refractivity contribution in [3.8, 4) is 0 Å². The standard InChI is InChI=1S/C18H22N2/c1-6-16-9-7-8-10-17(16)15(4)20(5)18-12-11-13(2)19-14(18)3/h6-10,18-19H,1-4,11-12H2,5H3. The van der Waals surface area contributed by atoms with Gasteiger partial charge in [-0.25, -0.2) is 0 Å². The quantitative estimate of drug-likeness (QED) is 0.885. The second kappa shape index (κ2) is 5.83. The van der Waals surface area contributed by atoms with Crippen LogP contribution in [0, 0.1) is 0 Å². The summed E-state index contributed by atoms with van der Waals surface area (Å²) in [5, 5.41) is 3.25. The molecule has 2 rings (SSSR count). The molecular weight excluding hydrogens is 244 g/mol. The number of hydrogen-bond donors (Lipinski definition) is 1.